The molecule has 1 aromatic heterocycles. The number of hydrogen-bond acceptors (Lipinski definition) is 4. The van der Waals surface area contributed by atoms with E-state index in [-0.39, 0.29) is 0 Å². The van der Waals surface area contributed by atoms with Crippen molar-refractivity contribution in [1.82, 2.24) is 0 Å². The number of thiophene rings is 1. The Morgan fingerprint density at radius 2 is 2.27 bits per heavy atom. The molecule has 0 aliphatic heterocycles. The Morgan fingerprint density at radius 1 is 1.47 bits per heavy atom. The Kier molecular flexibility index (Phi) is 5.14. The van der Waals surface area contributed by atoms with Crippen LogP contribution in [0.3, 0.4) is 0 Å². The summed E-state index contributed by atoms with van der Waals surface area (Å²) in [5.41, 5.74) is 0. The molecule has 1 N–H and O–H groups in total. The van der Waals surface area contributed by atoms with Crippen LogP contribution in [0.5, 0.6) is 5.75 Å². The van der Waals surface area contributed by atoms with E-state index in [0.717, 1.165) is 24.4 Å². The zero-order valence-corrected chi connectivity index (χ0v) is 9.38. The molecule has 1 heterocycles. The van der Waals surface area contributed by atoms with E-state index in [2.05, 4.69) is 0 Å². The lowest BCUT2D eigenvalue weighted by Crippen LogP contribution is -2.06. The molecule has 4 nitrogen and oxygen atoms in total. The van der Waals surface area contributed by atoms with Crippen molar-refractivity contribution in [1.29, 1.82) is 0 Å². The number of carbonyl (C=O) groups is 1. The Morgan fingerprint density at radius 3 is 2.87 bits per heavy atom. The SMILES string of the molecule is CCCOCCOc1csc(C(=O)O)c1. The number of carboxylic acids is 1. The Labute approximate surface area is 92.4 Å². The first-order valence-corrected chi connectivity index (χ1v) is 5.64. The van der Waals surface area contributed by atoms with Gasteiger partial charge in [-0.2, -0.15) is 0 Å². The van der Waals surface area contributed by atoms with Crippen LogP contribution in [-0.4, -0.2) is 30.9 Å². The molecule has 5 heteroatoms. The lowest BCUT2D eigenvalue weighted by atomic mass is 10.4. The molecule has 1 aromatic rings. The predicted octanol–water partition coefficient (Wildman–Crippen LogP) is 2.25. The third-order valence-corrected chi connectivity index (χ3v) is 2.53. The molecule has 1 rings (SSSR count). The molecule has 0 atom stereocenters. The first-order valence-electron chi connectivity index (χ1n) is 4.76. The van der Waals surface area contributed by atoms with Crippen LogP contribution in [0, 0.1) is 0 Å². The largest absolute Gasteiger partial charge is 0.490 e. The summed E-state index contributed by atoms with van der Waals surface area (Å²) in [5.74, 6) is -0.324. The van der Waals surface area contributed by atoms with Gasteiger partial charge in [-0.3, -0.25) is 0 Å². The summed E-state index contributed by atoms with van der Waals surface area (Å²) in [5, 5.41) is 10.4. The Bertz CT molecular complexity index is 308. The monoisotopic (exact) mass is 230 g/mol. The van der Waals surface area contributed by atoms with Gasteiger partial charge < -0.3 is 14.6 Å². The number of ether oxygens (including phenoxy) is 2. The molecular formula is C10H14O4S. The molecule has 0 saturated heterocycles. The first kappa shape index (κ1) is 12.0. The highest BCUT2D eigenvalue weighted by atomic mass is 32.1. The third-order valence-electron chi connectivity index (χ3n) is 1.63. The minimum Gasteiger partial charge on any atom is -0.490 e. The van der Waals surface area contributed by atoms with E-state index in [1.165, 1.54) is 6.07 Å². The summed E-state index contributed by atoms with van der Waals surface area (Å²) in [6.45, 7) is 3.76. The number of carboxylic acid groups (broad SMARTS) is 1. The van der Waals surface area contributed by atoms with E-state index >= 15 is 0 Å². The molecule has 0 radical (unpaired) electrons. The van der Waals surface area contributed by atoms with Crippen LogP contribution in [0.25, 0.3) is 0 Å². The molecule has 0 saturated carbocycles. The van der Waals surface area contributed by atoms with Crippen molar-refractivity contribution in [3.63, 3.8) is 0 Å². The lowest BCUT2D eigenvalue weighted by molar-refractivity contribution is 0.0701. The van der Waals surface area contributed by atoms with Gasteiger partial charge in [0, 0.05) is 18.1 Å². The molecule has 0 bridgehead atoms. The molecular weight excluding hydrogens is 216 g/mol. The van der Waals surface area contributed by atoms with Gasteiger partial charge in [0.25, 0.3) is 0 Å². The molecule has 0 aliphatic rings. The maximum atomic E-state index is 10.6. The fourth-order valence-corrected chi connectivity index (χ4v) is 1.64. The fourth-order valence-electron chi connectivity index (χ4n) is 0.971. The van der Waals surface area contributed by atoms with Gasteiger partial charge >= 0.3 is 5.97 Å². The van der Waals surface area contributed by atoms with Gasteiger partial charge in [0.15, 0.2) is 0 Å². The van der Waals surface area contributed by atoms with Gasteiger partial charge in [0.2, 0.25) is 0 Å². The van der Waals surface area contributed by atoms with E-state index in [0.29, 0.717) is 23.8 Å². The van der Waals surface area contributed by atoms with Crippen molar-refractivity contribution in [2.24, 2.45) is 0 Å². The predicted molar refractivity (Wildman–Crippen MR) is 57.9 cm³/mol. The van der Waals surface area contributed by atoms with Gasteiger partial charge in [0.05, 0.1) is 6.61 Å². The van der Waals surface area contributed by atoms with E-state index in [4.69, 9.17) is 14.6 Å². The van der Waals surface area contributed by atoms with Crippen molar-refractivity contribution >= 4 is 17.3 Å². The summed E-state index contributed by atoms with van der Waals surface area (Å²) in [7, 11) is 0. The average Bonchev–Trinajstić information content (AvgIpc) is 2.66. The van der Waals surface area contributed by atoms with Gasteiger partial charge in [-0.1, -0.05) is 6.92 Å². The molecule has 0 unspecified atom stereocenters. The number of rotatable bonds is 7. The highest BCUT2D eigenvalue weighted by molar-refractivity contribution is 7.12. The van der Waals surface area contributed by atoms with Crippen LogP contribution < -0.4 is 4.74 Å². The zero-order valence-electron chi connectivity index (χ0n) is 8.56. The van der Waals surface area contributed by atoms with Crippen LogP contribution >= 0.6 is 11.3 Å². The van der Waals surface area contributed by atoms with Crippen molar-refractivity contribution < 1.29 is 19.4 Å². The summed E-state index contributed by atoms with van der Waals surface area (Å²) in [6.07, 6.45) is 0.988. The second kappa shape index (κ2) is 6.42. The molecule has 0 aliphatic carbocycles. The van der Waals surface area contributed by atoms with Crippen molar-refractivity contribution in [3.8, 4) is 5.75 Å². The van der Waals surface area contributed by atoms with Crippen LogP contribution in [-0.2, 0) is 4.74 Å². The van der Waals surface area contributed by atoms with Gasteiger partial charge in [0.1, 0.15) is 17.2 Å². The Hall–Kier alpha value is -1.07. The van der Waals surface area contributed by atoms with E-state index < -0.39 is 5.97 Å². The van der Waals surface area contributed by atoms with Crippen molar-refractivity contribution in [2.75, 3.05) is 19.8 Å². The van der Waals surface area contributed by atoms with Crippen LogP contribution in [0.1, 0.15) is 23.0 Å². The zero-order chi connectivity index (χ0) is 11.1. The van der Waals surface area contributed by atoms with Crippen LogP contribution in [0.15, 0.2) is 11.4 Å². The summed E-state index contributed by atoms with van der Waals surface area (Å²) >= 11 is 1.16. The smallest absolute Gasteiger partial charge is 0.346 e. The molecule has 0 amide bonds. The van der Waals surface area contributed by atoms with Crippen LogP contribution in [0.2, 0.25) is 0 Å². The van der Waals surface area contributed by atoms with E-state index in [1.54, 1.807) is 5.38 Å². The number of hydrogen-bond donors (Lipinski definition) is 1. The highest BCUT2D eigenvalue weighted by Crippen LogP contribution is 2.21. The molecule has 15 heavy (non-hydrogen) atoms. The third kappa shape index (κ3) is 4.31. The molecule has 84 valence electrons. The quantitative estimate of drug-likeness (QED) is 0.730. The minimum absolute atomic E-state index is 0.291. The first-order chi connectivity index (χ1) is 7.24. The van der Waals surface area contributed by atoms with Gasteiger partial charge in [-0.25, -0.2) is 4.79 Å². The highest BCUT2D eigenvalue weighted by Gasteiger charge is 2.06. The topological polar surface area (TPSA) is 55.8 Å². The maximum absolute atomic E-state index is 10.6. The Balaban J connectivity index is 2.23. The maximum Gasteiger partial charge on any atom is 0.346 e. The normalized spacial score (nSPS) is 10.2. The summed E-state index contributed by atoms with van der Waals surface area (Å²) < 4.78 is 10.5. The molecule has 0 aromatic carbocycles. The minimum atomic E-state index is -0.919. The fraction of sp³-hybridized carbons (Fsp3) is 0.500. The van der Waals surface area contributed by atoms with Crippen LogP contribution in [0.4, 0.5) is 0 Å². The van der Waals surface area contributed by atoms with Gasteiger partial charge in [-0.15, -0.1) is 11.3 Å². The summed E-state index contributed by atoms with van der Waals surface area (Å²) in [6, 6.07) is 1.52. The lowest BCUT2D eigenvalue weighted by Gasteiger charge is -2.03. The second-order valence-electron chi connectivity index (χ2n) is 2.91. The second-order valence-corrected chi connectivity index (χ2v) is 3.82. The van der Waals surface area contributed by atoms with Crippen molar-refractivity contribution in [2.45, 2.75) is 13.3 Å². The molecule has 0 spiro atoms. The average molecular weight is 230 g/mol. The standard InChI is InChI=1S/C10H14O4S/c1-2-3-13-4-5-14-8-6-9(10(11)12)15-7-8/h6-7H,2-5H2,1H3,(H,11,12). The van der Waals surface area contributed by atoms with Crippen molar-refractivity contribution in [3.05, 3.63) is 16.3 Å². The molecule has 0 fully saturated rings. The van der Waals surface area contributed by atoms with E-state index in [1.807, 2.05) is 6.92 Å². The van der Waals surface area contributed by atoms with Gasteiger partial charge in [-0.05, 0) is 6.42 Å². The van der Waals surface area contributed by atoms with E-state index in [9.17, 15) is 4.79 Å². The number of aromatic carboxylic acids is 1. The summed E-state index contributed by atoms with van der Waals surface area (Å²) in [4.78, 5) is 10.9.